The van der Waals surface area contributed by atoms with E-state index in [-0.39, 0.29) is 24.0 Å². The van der Waals surface area contributed by atoms with Crippen molar-refractivity contribution in [2.45, 2.75) is 19.5 Å². The lowest BCUT2D eigenvalue weighted by Crippen LogP contribution is -2.42. The van der Waals surface area contributed by atoms with Crippen LogP contribution in [0.4, 0.5) is 13.2 Å². The molecular weight excluding hydrogens is 450 g/mol. The van der Waals surface area contributed by atoms with Crippen molar-refractivity contribution in [1.82, 2.24) is 20.4 Å². The van der Waals surface area contributed by atoms with Crippen LogP contribution in [0.2, 0.25) is 0 Å². The number of guanidine groups is 1. The van der Waals surface area contributed by atoms with Crippen LogP contribution in [0.1, 0.15) is 13.3 Å². The topological polar surface area (TPSA) is 52.1 Å². The van der Waals surface area contributed by atoms with Gasteiger partial charge in [-0.25, -0.2) is 0 Å². The number of alkyl halides is 3. The molecule has 6 nitrogen and oxygen atoms in total. The van der Waals surface area contributed by atoms with Crippen molar-refractivity contribution in [3.63, 3.8) is 0 Å². The van der Waals surface area contributed by atoms with Gasteiger partial charge in [0.1, 0.15) is 0 Å². The molecule has 1 heterocycles. The molecule has 0 radical (unpaired) electrons. The van der Waals surface area contributed by atoms with E-state index in [2.05, 4.69) is 20.5 Å². The molecule has 0 bridgehead atoms. The fraction of sp³-hybridized carbons (Fsp3) is 0.933. The zero-order chi connectivity index (χ0) is 17.8. The quantitative estimate of drug-likeness (QED) is 0.226. The van der Waals surface area contributed by atoms with E-state index in [4.69, 9.17) is 4.74 Å². The standard InChI is InChI=1S/C15H30F3N5O.HI/c1-3-19-14(21-6-8-22(2)13-15(16,17)18)20-5-4-7-23-9-11-24-12-10-23;/h3-13H2,1-2H3,(H2,19,20,21);1H. The summed E-state index contributed by atoms with van der Waals surface area (Å²) in [6.45, 7) is 7.68. The Kier molecular flexibility index (Phi) is 13.6. The first-order valence-corrected chi connectivity index (χ1v) is 8.48. The van der Waals surface area contributed by atoms with Gasteiger partial charge in [-0.15, -0.1) is 24.0 Å². The van der Waals surface area contributed by atoms with Crippen molar-refractivity contribution in [2.24, 2.45) is 4.99 Å². The van der Waals surface area contributed by atoms with Crippen LogP contribution >= 0.6 is 24.0 Å². The van der Waals surface area contributed by atoms with E-state index < -0.39 is 12.7 Å². The third-order valence-electron chi connectivity index (χ3n) is 3.59. The number of hydrogen-bond acceptors (Lipinski definition) is 4. The van der Waals surface area contributed by atoms with E-state index in [0.717, 1.165) is 39.3 Å². The molecule has 1 aliphatic heterocycles. The van der Waals surface area contributed by atoms with E-state index in [1.165, 1.54) is 11.9 Å². The molecule has 150 valence electrons. The molecule has 0 aromatic heterocycles. The number of ether oxygens (including phenoxy) is 1. The second kappa shape index (κ2) is 13.8. The first-order chi connectivity index (χ1) is 11.4. The van der Waals surface area contributed by atoms with Crippen LogP contribution in [-0.4, -0.2) is 94.6 Å². The first kappa shape index (κ1) is 24.7. The summed E-state index contributed by atoms with van der Waals surface area (Å²) in [5, 5.41) is 6.18. The van der Waals surface area contributed by atoms with E-state index >= 15 is 0 Å². The Morgan fingerprint density at radius 3 is 2.52 bits per heavy atom. The molecule has 0 unspecified atom stereocenters. The third-order valence-corrected chi connectivity index (χ3v) is 3.59. The summed E-state index contributed by atoms with van der Waals surface area (Å²) < 4.78 is 42.1. The molecule has 10 heteroatoms. The van der Waals surface area contributed by atoms with Crippen molar-refractivity contribution in [3.05, 3.63) is 0 Å². The lowest BCUT2D eigenvalue weighted by molar-refractivity contribution is -0.142. The number of nitrogens with one attached hydrogen (secondary N) is 2. The number of rotatable bonds is 9. The van der Waals surface area contributed by atoms with Crippen LogP contribution in [0.5, 0.6) is 0 Å². The summed E-state index contributed by atoms with van der Waals surface area (Å²) >= 11 is 0. The molecule has 2 N–H and O–H groups in total. The molecule has 1 rings (SSSR count). The molecule has 0 saturated carbocycles. The predicted molar refractivity (Wildman–Crippen MR) is 105 cm³/mol. The van der Waals surface area contributed by atoms with E-state index in [0.29, 0.717) is 32.1 Å². The van der Waals surface area contributed by atoms with Gasteiger partial charge in [-0.05, 0) is 20.4 Å². The molecule has 25 heavy (non-hydrogen) atoms. The first-order valence-electron chi connectivity index (χ1n) is 8.48. The molecular formula is C15H31F3IN5O. The summed E-state index contributed by atoms with van der Waals surface area (Å²) in [5.74, 6) is 0.653. The minimum atomic E-state index is -4.16. The zero-order valence-corrected chi connectivity index (χ0v) is 17.4. The fourth-order valence-corrected chi connectivity index (χ4v) is 2.40. The minimum Gasteiger partial charge on any atom is -0.379 e. The normalized spacial score (nSPS) is 16.6. The monoisotopic (exact) mass is 481 g/mol. The van der Waals surface area contributed by atoms with Gasteiger partial charge in [-0.2, -0.15) is 13.2 Å². The molecule has 0 aromatic carbocycles. The SMILES string of the molecule is CCNC(=NCCCN1CCOCC1)NCCN(C)CC(F)(F)F.I. The van der Waals surface area contributed by atoms with Crippen LogP contribution in [0.15, 0.2) is 4.99 Å². The highest BCUT2D eigenvalue weighted by molar-refractivity contribution is 14.0. The van der Waals surface area contributed by atoms with Crippen molar-refractivity contribution in [1.29, 1.82) is 0 Å². The maximum absolute atomic E-state index is 12.3. The minimum absolute atomic E-state index is 0. The van der Waals surface area contributed by atoms with Crippen molar-refractivity contribution >= 4 is 29.9 Å². The van der Waals surface area contributed by atoms with Crippen LogP contribution < -0.4 is 10.6 Å². The Labute approximate surface area is 165 Å². The van der Waals surface area contributed by atoms with Gasteiger partial charge in [0, 0.05) is 45.8 Å². The second-order valence-corrected chi connectivity index (χ2v) is 5.85. The molecule has 1 aliphatic rings. The van der Waals surface area contributed by atoms with Gasteiger partial charge >= 0.3 is 6.18 Å². The van der Waals surface area contributed by atoms with Gasteiger partial charge in [0.05, 0.1) is 19.8 Å². The summed E-state index contributed by atoms with van der Waals surface area (Å²) in [7, 11) is 1.46. The fourth-order valence-electron chi connectivity index (χ4n) is 2.40. The van der Waals surface area contributed by atoms with Crippen LogP contribution in [0, 0.1) is 0 Å². The molecule has 0 amide bonds. The highest BCUT2D eigenvalue weighted by atomic mass is 127. The van der Waals surface area contributed by atoms with Crippen LogP contribution in [0.3, 0.4) is 0 Å². The van der Waals surface area contributed by atoms with Gasteiger partial charge in [-0.1, -0.05) is 0 Å². The van der Waals surface area contributed by atoms with E-state index in [1.807, 2.05) is 6.92 Å². The third kappa shape index (κ3) is 13.5. The summed E-state index contributed by atoms with van der Waals surface area (Å²) in [6.07, 6.45) is -3.21. The number of morpholine rings is 1. The van der Waals surface area contributed by atoms with Crippen molar-refractivity contribution < 1.29 is 17.9 Å². The Balaban J connectivity index is 0.00000576. The lowest BCUT2D eigenvalue weighted by atomic mass is 10.3. The molecule has 0 aromatic rings. The summed E-state index contributed by atoms with van der Waals surface area (Å²) in [6, 6.07) is 0. The smallest absolute Gasteiger partial charge is 0.379 e. The van der Waals surface area contributed by atoms with Gasteiger partial charge in [0.2, 0.25) is 0 Å². The van der Waals surface area contributed by atoms with E-state index in [9.17, 15) is 13.2 Å². The average Bonchev–Trinajstić information content (AvgIpc) is 2.50. The molecule has 1 saturated heterocycles. The van der Waals surface area contributed by atoms with Crippen LogP contribution in [0.25, 0.3) is 0 Å². The van der Waals surface area contributed by atoms with Crippen molar-refractivity contribution in [2.75, 3.05) is 72.6 Å². The second-order valence-electron chi connectivity index (χ2n) is 5.85. The summed E-state index contributed by atoms with van der Waals surface area (Å²) in [4.78, 5) is 8.06. The van der Waals surface area contributed by atoms with Crippen LogP contribution in [-0.2, 0) is 4.74 Å². The molecule has 0 atom stereocenters. The Morgan fingerprint density at radius 2 is 1.92 bits per heavy atom. The Bertz CT molecular complexity index is 366. The van der Waals surface area contributed by atoms with E-state index in [1.54, 1.807) is 0 Å². The highest BCUT2D eigenvalue weighted by Gasteiger charge is 2.28. The van der Waals surface area contributed by atoms with Gasteiger partial charge in [-0.3, -0.25) is 14.8 Å². The molecule has 1 fully saturated rings. The van der Waals surface area contributed by atoms with Crippen molar-refractivity contribution in [3.8, 4) is 0 Å². The Morgan fingerprint density at radius 1 is 1.24 bits per heavy atom. The van der Waals surface area contributed by atoms with Gasteiger partial charge in [0.15, 0.2) is 5.96 Å². The molecule has 0 spiro atoms. The maximum atomic E-state index is 12.3. The number of likely N-dealkylation sites (N-methyl/N-ethyl adjacent to an activating group) is 1. The summed E-state index contributed by atoms with van der Waals surface area (Å²) in [5.41, 5.74) is 0. The number of nitrogens with zero attached hydrogens (tertiary/aromatic N) is 3. The predicted octanol–water partition coefficient (Wildman–Crippen LogP) is 1.38. The highest BCUT2D eigenvalue weighted by Crippen LogP contribution is 2.14. The average molecular weight is 481 g/mol. The molecule has 0 aliphatic carbocycles. The lowest BCUT2D eigenvalue weighted by Gasteiger charge is -2.26. The maximum Gasteiger partial charge on any atom is 0.401 e. The number of hydrogen-bond donors (Lipinski definition) is 2. The largest absolute Gasteiger partial charge is 0.401 e. The number of halogens is 4. The Hall–Kier alpha value is -0.330. The van der Waals surface area contributed by atoms with Gasteiger partial charge in [0.25, 0.3) is 0 Å². The number of aliphatic imine (C=N–C) groups is 1. The van der Waals surface area contributed by atoms with Gasteiger partial charge < -0.3 is 15.4 Å². The zero-order valence-electron chi connectivity index (χ0n) is 15.1.